The molecule has 154 valence electrons. The lowest BCUT2D eigenvalue weighted by atomic mass is 9.69. The van der Waals surface area contributed by atoms with Crippen molar-refractivity contribution in [3.63, 3.8) is 0 Å². The van der Waals surface area contributed by atoms with Crippen molar-refractivity contribution in [1.29, 1.82) is 0 Å². The van der Waals surface area contributed by atoms with Gasteiger partial charge in [-0.2, -0.15) is 0 Å². The first-order valence-corrected chi connectivity index (χ1v) is 10.2. The third-order valence-corrected chi connectivity index (χ3v) is 6.33. The molecule has 3 atom stereocenters. The molecular weight excluding hydrogens is 368 g/mol. The second-order valence-electron chi connectivity index (χ2n) is 8.03. The minimum absolute atomic E-state index is 0.00879. The van der Waals surface area contributed by atoms with E-state index < -0.39 is 5.41 Å². The van der Waals surface area contributed by atoms with Crippen LogP contribution in [0.15, 0.2) is 42.7 Å². The number of rotatable bonds is 8. The normalized spacial score (nSPS) is 25.3. The molecule has 2 N–H and O–H groups in total. The number of carbonyl (C=O) groups is 2. The van der Waals surface area contributed by atoms with Crippen molar-refractivity contribution < 1.29 is 14.3 Å². The number of ether oxygens (including phenoxy) is 1. The maximum atomic E-state index is 13.5. The van der Waals surface area contributed by atoms with Crippen molar-refractivity contribution >= 4 is 11.8 Å². The van der Waals surface area contributed by atoms with Gasteiger partial charge < -0.3 is 19.9 Å². The predicted molar refractivity (Wildman–Crippen MR) is 108 cm³/mol. The van der Waals surface area contributed by atoms with Crippen molar-refractivity contribution in [1.82, 2.24) is 20.2 Å². The van der Waals surface area contributed by atoms with Crippen LogP contribution in [-0.4, -0.2) is 52.5 Å². The van der Waals surface area contributed by atoms with Gasteiger partial charge in [-0.25, -0.2) is 4.98 Å². The van der Waals surface area contributed by atoms with E-state index in [2.05, 4.69) is 27.4 Å². The first-order chi connectivity index (χ1) is 14.1. The van der Waals surface area contributed by atoms with Crippen molar-refractivity contribution in [2.24, 2.45) is 5.41 Å². The fourth-order valence-corrected chi connectivity index (χ4v) is 5.09. The van der Waals surface area contributed by atoms with Crippen LogP contribution in [0.3, 0.4) is 0 Å². The van der Waals surface area contributed by atoms with Gasteiger partial charge in [-0.1, -0.05) is 30.3 Å². The summed E-state index contributed by atoms with van der Waals surface area (Å²) in [5.74, 6) is 0.826. The van der Waals surface area contributed by atoms with Crippen LogP contribution >= 0.6 is 0 Å². The topological polar surface area (TPSA) is 87.3 Å². The molecule has 2 saturated heterocycles. The van der Waals surface area contributed by atoms with E-state index in [4.69, 9.17) is 4.74 Å². The number of aromatic amines is 1. The molecule has 29 heavy (non-hydrogen) atoms. The fourth-order valence-electron chi connectivity index (χ4n) is 5.09. The number of nitrogens with zero attached hydrogens (tertiary/aromatic N) is 2. The molecule has 2 bridgehead atoms. The number of aromatic nitrogens is 2. The Kier molecular flexibility index (Phi) is 5.67. The highest BCUT2D eigenvalue weighted by molar-refractivity contribution is 5.87. The van der Waals surface area contributed by atoms with E-state index in [0.717, 1.165) is 24.2 Å². The highest BCUT2D eigenvalue weighted by Gasteiger charge is 2.60. The van der Waals surface area contributed by atoms with Crippen LogP contribution in [0.4, 0.5) is 0 Å². The van der Waals surface area contributed by atoms with Gasteiger partial charge in [-0.3, -0.25) is 9.59 Å². The molecule has 4 rings (SSSR count). The minimum Gasteiger partial charge on any atom is -0.384 e. The van der Waals surface area contributed by atoms with E-state index >= 15 is 0 Å². The Balaban J connectivity index is 1.59. The number of imidazole rings is 1. The Morgan fingerprint density at radius 1 is 1.31 bits per heavy atom. The smallest absolute Gasteiger partial charge is 0.229 e. The van der Waals surface area contributed by atoms with Crippen LogP contribution < -0.4 is 5.32 Å². The number of nitrogens with one attached hydrogen (secondary N) is 2. The van der Waals surface area contributed by atoms with E-state index in [1.807, 2.05) is 23.1 Å². The highest BCUT2D eigenvalue weighted by atomic mass is 16.5. The molecule has 2 aliphatic heterocycles. The standard InChI is InChI=1S/C22H28N4O3/c1-29-12-9-20(27)26-17-7-8-18(26)22(14-17,13-16-5-3-2-4-6-16)21(28)25-15-19-23-10-11-24-19/h2-6,10-11,17-18H,7-9,12-15H2,1H3,(H,23,24)(H,25,28)/t17-,18+,22+/m0/s1. The molecule has 7 nitrogen and oxygen atoms in total. The molecule has 7 heteroatoms. The lowest BCUT2D eigenvalue weighted by Crippen LogP contribution is -2.51. The second kappa shape index (κ2) is 8.37. The van der Waals surface area contributed by atoms with E-state index in [-0.39, 0.29) is 23.9 Å². The average Bonchev–Trinajstić information content (AvgIpc) is 3.46. The SMILES string of the molecule is COCCC(=O)N1[C@H]2CC[C@@H]1[C@](Cc1ccccc1)(C(=O)NCc1ncc[nH]1)C2. The van der Waals surface area contributed by atoms with Crippen LogP contribution in [0, 0.1) is 5.41 Å². The van der Waals surface area contributed by atoms with Crippen LogP contribution in [-0.2, 0) is 27.3 Å². The molecule has 2 aliphatic rings. The Hall–Kier alpha value is -2.67. The average molecular weight is 396 g/mol. The first-order valence-electron chi connectivity index (χ1n) is 10.2. The van der Waals surface area contributed by atoms with Crippen LogP contribution in [0.1, 0.15) is 37.1 Å². The molecule has 2 amide bonds. The maximum Gasteiger partial charge on any atom is 0.229 e. The summed E-state index contributed by atoms with van der Waals surface area (Å²) in [6.07, 6.45) is 6.95. The van der Waals surface area contributed by atoms with Gasteiger partial charge >= 0.3 is 0 Å². The van der Waals surface area contributed by atoms with Gasteiger partial charge in [0, 0.05) is 31.6 Å². The number of amides is 2. The molecule has 2 fully saturated rings. The number of benzene rings is 1. The first kappa shape index (κ1) is 19.6. The summed E-state index contributed by atoms with van der Waals surface area (Å²) < 4.78 is 5.10. The van der Waals surface area contributed by atoms with Crippen molar-refractivity contribution in [2.75, 3.05) is 13.7 Å². The number of methoxy groups -OCH3 is 1. The zero-order valence-electron chi connectivity index (χ0n) is 16.8. The van der Waals surface area contributed by atoms with Gasteiger partial charge in [-0.05, 0) is 31.2 Å². The highest BCUT2D eigenvalue weighted by Crippen LogP contribution is 2.52. The molecule has 1 aromatic carbocycles. The van der Waals surface area contributed by atoms with Crippen LogP contribution in [0.2, 0.25) is 0 Å². The van der Waals surface area contributed by atoms with Crippen LogP contribution in [0.5, 0.6) is 0 Å². The van der Waals surface area contributed by atoms with Crippen molar-refractivity contribution in [3.05, 3.63) is 54.1 Å². The summed E-state index contributed by atoms with van der Waals surface area (Å²) in [4.78, 5) is 35.6. The van der Waals surface area contributed by atoms with Gasteiger partial charge in [0.25, 0.3) is 0 Å². The van der Waals surface area contributed by atoms with Gasteiger partial charge in [0.05, 0.1) is 25.0 Å². The zero-order chi connectivity index (χ0) is 20.3. The fraction of sp³-hybridized carbons (Fsp3) is 0.500. The quantitative estimate of drug-likeness (QED) is 0.715. The molecule has 0 unspecified atom stereocenters. The van der Waals surface area contributed by atoms with Gasteiger partial charge in [0.15, 0.2) is 0 Å². The zero-order valence-corrected chi connectivity index (χ0v) is 16.8. The monoisotopic (exact) mass is 396 g/mol. The van der Waals surface area contributed by atoms with Crippen LogP contribution in [0.25, 0.3) is 0 Å². The summed E-state index contributed by atoms with van der Waals surface area (Å²) in [5, 5.41) is 3.08. The van der Waals surface area contributed by atoms with Crippen molar-refractivity contribution in [2.45, 2.75) is 50.7 Å². The molecular formula is C22H28N4O3. The van der Waals surface area contributed by atoms with Crippen molar-refractivity contribution in [3.8, 4) is 0 Å². The number of H-pyrrole nitrogens is 1. The molecule has 1 aromatic heterocycles. The minimum atomic E-state index is -0.612. The molecule has 2 aromatic rings. The molecule has 3 heterocycles. The number of hydrogen-bond donors (Lipinski definition) is 2. The maximum absolute atomic E-state index is 13.5. The number of carbonyl (C=O) groups excluding carboxylic acids is 2. The summed E-state index contributed by atoms with van der Waals surface area (Å²) >= 11 is 0. The molecule has 0 aliphatic carbocycles. The lowest BCUT2D eigenvalue weighted by molar-refractivity contribution is -0.137. The van der Waals surface area contributed by atoms with E-state index in [1.54, 1.807) is 19.5 Å². The second-order valence-corrected chi connectivity index (χ2v) is 8.03. The van der Waals surface area contributed by atoms with Gasteiger partial charge in [0.1, 0.15) is 5.82 Å². The Morgan fingerprint density at radius 2 is 2.14 bits per heavy atom. The van der Waals surface area contributed by atoms with E-state index in [1.165, 1.54) is 0 Å². The van der Waals surface area contributed by atoms with E-state index in [0.29, 0.717) is 32.4 Å². The Labute approximate surface area is 170 Å². The molecule has 0 radical (unpaired) electrons. The van der Waals surface area contributed by atoms with E-state index in [9.17, 15) is 9.59 Å². The number of hydrogen-bond acceptors (Lipinski definition) is 4. The summed E-state index contributed by atoms with van der Waals surface area (Å²) in [6, 6.07) is 10.1. The predicted octanol–water partition coefficient (Wildman–Crippen LogP) is 2.05. The Morgan fingerprint density at radius 3 is 2.86 bits per heavy atom. The van der Waals surface area contributed by atoms with Gasteiger partial charge in [-0.15, -0.1) is 0 Å². The van der Waals surface area contributed by atoms with Gasteiger partial charge in [0.2, 0.25) is 11.8 Å². The summed E-state index contributed by atoms with van der Waals surface area (Å²) in [7, 11) is 1.60. The molecule has 0 saturated carbocycles. The third kappa shape index (κ3) is 3.79. The third-order valence-electron chi connectivity index (χ3n) is 6.33. The summed E-state index contributed by atoms with van der Waals surface area (Å²) in [6.45, 7) is 0.766. The lowest BCUT2D eigenvalue weighted by Gasteiger charge is -2.36. The molecule has 0 spiro atoms. The number of fused-ring (bicyclic) bond motifs is 2. The Bertz CT molecular complexity index is 839. The largest absolute Gasteiger partial charge is 0.384 e. The summed E-state index contributed by atoms with van der Waals surface area (Å²) in [5.41, 5.74) is 0.511.